The van der Waals surface area contributed by atoms with E-state index in [4.69, 9.17) is 16.7 Å². The van der Waals surface area contributed by atoms with E-state index in [1.165, 1.54) is 0 Å². The minimum absolute atomic E-state index is 0.103. The number of carbonyl (C=O) groups excluding carboxylic acids is 1. The van der Waals surface area contributed by atoms with Crippen molar-refractivity contribution in [3.63, 3.8) is 0 Å². The Kier molecular flexibility index (Phi) is 5.21. The van der Waals surface area contributed by atoms with Gasteiger partial charge in [-0.2, -0.15) is 5.10 Å². The molecule has 5 nitrogen and oxygen atoms in total. The summed E-state index contributed by atoms with van der Waals surface area (Å²) >= 11 is 5.91. The molecule has 0 aliphatic carbocycles. The van der Waals surface area contributed by atoms with E-state index in [2.05, 4.69) is 10.4 Å². The molecule has 0 saturated heterocycles. The van der Waals surface area contributed by atoms with Gasteiger partial charge in [-0.3, -0.25) is 4.79 Å². The van der Waals surface area contributed by atoms with Crippen LogP contribution in [0.25, 0.3) is 5.69 Å². The topological polar surface area (TPSA) is 67.2 Å². The van der Waals surface area contributed by atoms with E-state index >= 15 is 0 Å². The fourth-order valence-corrected chi connectivity index (χ4v) is 2.35. The Morgan fingerprint density at radius 2 is 1.95 bits per heavy atom. The molecule has 0 fully saturated rings. The second-order valence-electron chi connectivity index (χ2n) is 5.54. The summed E-state index contributed by atoms with van der Waals surface area (Å²) < 4.78 is 1.75. The lowest BCUT2D eigenvalue weighted by Crippen LogP contribution is -2.35. The third kappa shape index (κ3) is 3.48. The highest BCUT2D eigenvalue weighted by Gasteiger charge is 2.21. The van der Waals surface area contributed by atoms with Crippen LogP contribution in [0.3, 0.4) is 0 Å². The Hall–Kier alpha value is -1.85. The van der Waals surface area contributed by atoms with Crippen molar-refractivity contribution < 1.29 is 9.90 Å². The van der Waals surface area contributed by atoms with Crippen LogP contribution in [-0.4, -0.2) is 33.4 Å². The number of nitrogens with one attached hydrogen (secondary N) is 1. The van der Waals surface area contributed by atoms with Crippen LogP contribution in [0.1, 0.15) is 42.7 Å². The lowest BCUT2D eigenvalue weighted by Gasteiger charge is -2.14. The van der Waals surface area contributed by atoms with Gasteiger partial charge in [-0.1, -0.05) is 25.4 Å². The molecule has 0 bridgehead atoms. The largest absolute Gasteiger partial charge is 0.394 e. The zero-order valence-corrected chi connectivity index (χ0v) is 13.6. The number of amides is 1. The second kappa shape index (κ2) is 6.94. The summed E-state index contributed by atoms with van der Waals surface area (Å²) in [6.07, 6.45) is 1.56. The van der Waals surface area contributed by atoms with Gasteiger partial charge in [0.25, 0.3) is 5.91 Å². The highest BCUT2D eigenvalue weighted by atomic mass is 35.5. The first-order valence-corrected chi connectivity index (χ1v) is 7.57. The first-order chi connectivity index (χ1) is 10.4. The Labute approximate surface area is 134 Å². The number of benzene rings is 1. The van der Waals surface area contributed by atoms with Crippen LogP contribution in [0.15, 0.2) is 30.5 Å². The van der Waals surface area contributed by atoms with Gasteiger partial charge in [0.15, 0.2) is 0 Å². The van der Waals surface area contributed by atoms with Crippen molar-refractivity contribution in [1.29, 1.82) is 0 Å². The van der Waals surface area contributed by atoms with E-state index in [-0.39, 0.29) is 24.5 Å². The van der Waals surface area contributed by atoms with Gasteiger partial charge in [0.05, 0.1) is 29.7 Å². The quantitative estimate of drug-likeness (QED) is 0.890. The molecule has 0 radical (unpaired) electrons. The van der Waals surface area contributed by atoms with E-state index in [0.29, 0.717) is 10.6 Å². The lowest BCUT2D eigenvalue weighted by atomic mass is 10.0. The molecule has 6 heteroatoms. The van der Waals surface area contributed by atoms with Crippen molar-refractivity contribution in [2.45, 2.75) is 32.7 Å². The van der Waals surface area contributed by atoms with Crippen LogP contribution in [0, 0.1) is 0 Å². The van der Waals surface area contributed by atoms with Crippen LogP contribution in [0.5, 0.6) is 0 Å². The maximum atomic E-state index is 12.3. The predicted octanol–water partition coefficient (Wildman–Crippen LogP) is 2.76. The number of halogens is 1. The van der Waals surface area contributed by atoms with E-state index in [9.17, 15) is 4.79 Å². The molecule has 1 amide bonds. The molecule has 0 aliphatic rings. The molecule has 2 aromatic rings. The van der Waals surface area contributed by atoms with Gasteiger partial charge in [0.1, 0.15) is 0 Å². The zero-order chi connectivity index (χ0) is 16.3. The van der Waals surface area contributed by atoms with Crippen molar-refractivity contribution in [1.82, 2.24) is 15.1 Å². The van der Waals surface area contributed by atoms with Crippen molar-refractivity contribution >= 4 is 17.5 Å². The third-order valence-electron chi connectivity index (χ3n) is 3.32. The number of carbonyl (C=O) groups is 1. The summed E-state index contributed by atoms with van der Waals surface area (Å²) in [7, 11) is 0. The molecule has 0 spiro atoms. The molecule has 1 heterocycles. The highest BCUT2D eigenvalue weighted by molar-refractivity contribution is 6.30. The number of aromatic nitrogens is 2. The van der Waals surface area contributed by atoms with Crippen molar-refractivity contribution in [2.24, 2.45) is 0 Å². The summed E-state index contributed by atoms with van der Waals surface area (Å²) in [6.45, 7) is 5.66. The van der Waals surface area contributed by atoms with Crippen molar-refractivity contribution in [2.75, 3.05) is 6.61 Å². The number of rotatable bonds is 5. The lowest BCUT2D eigenvalue weighted by molar-refractivity contribution is 0.0921. The van der Waals surface area contributed by atoms with Gasteiger partial charge in [0, 0.05) is 11.1 Å². The van der Waals surface area contributed by atoms with Gasteiger partial charge >= 0.3 is 0 Å². The summed E-state index contributed by atoms with van der Waals surface area (Å²) in [5.74, 6) is -0.117. The average Bonchev–Trinajstić information content (AvgIpc) is 2.93. The van der Waals surface area contributed by atoms with Gasteiger partial charge in [0.2, 0.25) is 0 Å². The Morgan fingerprint density at radius 3 is 2.50 bits per heavy atom. The van der Waals surface area contributed by atoms with Gasteiger partial charge in [-0.05, 0) is 37.1 Å². The van der Waals surface area contributed by atoms with Crippen LogP contribution < -0.4 is 5.32 Å². The van der Waals surface area contributed by atoms with E-state index in [0.717, 1.165) is 11.4 Å². The number of hydrogen-bond donors (Lipinski definition) is 2. The standard InChI is InChI=1S/C16H20ClN3O2/c1-10(2)15-14(16(22)19-11(3)9-21)8-18-20(15)13-6-4-12(17)5-7-13/h4-8,10-11,21H,9H2,1-3H3,(H,19,22). The second-order valence-corrected chi connectivity index (χ2v) is 5.98. The zero-order valence-electron chi connectivity index (χ0n) is 12.9. The van der Waals surface area contributed by atoms with Gasteiger partial charge < -0.3 is 10.4 Å². The molecule has 0 aliphatic heterocycles. The molecule has 1 aromatic heterocycles. The van der Waals surface area contributed by atoms with Crippen LogP contribution >= 0.6 is 11.6 Å². The summed E-state index contributed by atoms with van der Waals surface area (Å²) in [5.41, 5.74) is 2.19. The molecule has 118 valence electrons. The number of aliphatic hydroxyl groups is 1. The minimum Gasteiger partial charge on any atom is -0.394 e. The number of aliphatic hydroxyl groups excluding tert-OH is 1. The molecular weight excluding hydrogens is 302 g/mol. The highest BCUT2D eigenvalue weighted by Crippen LogP contribution is 2.24. The first kappa shape index (κ1) is 16.5. The average molecular weight is 322 g/mol. The SMILES string of the molecule is CC(CO)NC(=O)c1cnn(-c2ccc(Cl)cc2)c1C(C)C. The molecule has 1 atom stereocenters. The first-order valence-electron chi connectivity index (χ1n) is 7.19. The van der Waals surface area contributed by atoms with Gasteiger partial charge in [-0.25, -0.2) is 4.68 Å². The summed E-state index contributed by atoms with van der Waals surface area (Å²) in [5, 5.41) is 16.8. The maximum Gasteiger partial charge on any atom is 0.255 e. The van der Waals surface area contributed by atoms with E-state index in [1.54, 1.807) is 29.9 Å². The Morgan fingerprint density at radius 1 is 1.32 bits per heavy atom. The normalized spacial score (nSPS) is 12.5. The third-order valence-corrected chi connectivity index (χ3v) is 3.57. The molecule has 2 N–H and O–H groups in total. The van der Waals surface area contributed by atoms with Gasteiger partial charge in [-0.15, -0.1) is 0 Å². The van der Waals surface area contributed by atoms with Crippen molar-refractivity contribution in [3.05, 3.63) is 46.7 Å². The van der Waals surface area contributed by atoms with Crippen molar-refractivity contribution in [3.8, 4) is 5.69 Å². The molecule has 1 unspecified atom stereocenters. The van der Waals surface area contributed by atoms with Crippen LogP contribution in [0.4, 0.5) is 0 Å². The maximum absolute atomic E-state index is 12.3. The minimum atomic E-state index is -0.300. The Balaban J connectivity index is 2.41. The van der Waals surface area contributed by atoms with E-state index < -0.39 is 0 Å². The smallest absolute Gasteiger partial charge is 0.255 e. The molecular formula is C16H20ClN3O2. The monoisotopic (exact) mass is 321 g/mol. The molecule has 22 heavy (non-hydrogen) atoms. The predicted molar refractivity (Wildman–Crippen MR) is 86.7 cm³/mol. The number of nitrogens with zero attached hydrogens (tertiary/aromatic N) is 2. The number of hydrogen-bond acceptors (Lipinski definition) is 3. The fraction of sp³-hybridized carbons (Fsp3) is 0.375. The van der Waals surface area contributed by atoms with Crippen LogP contribution in [0.2, 0.25) is 5.02 Å². The van der Waals surface area contributed by atoms with E-state index in [1.807, 2.05) is 26.0 Å². The Bertz CT molecular complexity index is 650. The summed E-state index contributed by atoms with van der Waals surface area (Å²) in [4.78, 5) is 12.3. The molecule has 2 rings (SSSR count). The fourth-order valence-electron chi connectivity index (χ4n) is 2.22. The van der Waals surface area contributed by atoms with Crippen LogP contribution in [-0.2, 0) is 0 Å². The molecule has 0 saturated carbocycles. The summed E-state index contributed by atoms with van der Waals surface area (Å²) in [6, 6.07) is 7.00. The molecule has 1 aromatic carbocycles.